The molecule has 0 radical (unpaired) electrons. The van der Waals surface area contributed by atoms with Crippen molar-refractivity contribution in [2.45, 2.75) is 24.9 Å². The number of fused-ring (bicyclic) bond motifs is 2. The van der Waals surface area contributed by atoms with Crippen molar-refractivity contribution in [1.29, 1.82) is 0 Å². The number of nitrogens with zero attached hydrogens (tertiary/aromatic N) is 2. The third-order valence-corrected chi connectivity index (χ3v) is 8.87. The van der Waals surface area contributed by atoms with Crippen molar-refractivity contribution < 1.29 is 58.1 Å². The minimum atomic E-state index is -0.927. The van der Waals surface area contributed by atoms with Crippen LogP contribution in [0.15, 0.2) is 84.9 Å². The van der Waals surface area contributed by atoms with Gasteiger partial charge in [0.25, 0.3) is 23.6 Å². The summed E-state index contributed by atoms with van der Waals surface area (Å²) in [6.07, 6.45) is -0.616. The number of methoxy groups -OCH3 is 4. The second-order valence-corrected chi connectivity index (χ2v) is 11.8. The standard InChI is InChI=1S/2C19H18N2O6/c2*1-26-15-8-7-11(9-16(15)27-2)14(10-17(22)20-25)21-18(23)12-5-3-4-6-13(12)19(21)24/h2*3-9,14,25H,10H2,1-2H3,(H,20,22). The first-order valence-corrected chi connectivity index (χ1v) is 16.3. The molecule has 2 atom stereocenters. The molecule has 0 aliphatic carbocycles. The molecule has 2 unspecified atom stereocenters. The third kappa shape index (κ3) is 7.41. The van der Waals surface area contributed by atoms with Gasteiger partial charge in [0.2, 0.25) is 11.8 Å². The number of carbonyl (C=O) groups is 6. The summed E-state index contributed by atoms with van der Waals surface area (Å²) in [6.45, 7) is 0. The van der Waals surface area contributed by atoms with Crippen LogP contribution in [0, 0.1) is 0 Å². The van der Waals surface area contributed by atoms with Crippen LogP contribution in [0.2, 0.25) is 0 Å². The maximum atomic E-state index is 12.8. The molecule has 0 saturated carbocycles. The number of hydrogen-bond donors (Lipinski definition) is 4. The second kappa shape index (κ2) is 16.7. The topological polar surface area (TPSA) is 210 Å². The summed E-state index contributed by atoms with van der Waals surface area (Å²) < 4.78 is 20.9. The van der Waals surface area contributed by atoms with Crippen molar-refractivity contribution in [2.75, 3.05) is 28.4 Å². The molecule has 16 heteroatoms. The first kappa shape index (κ1) is 38.5. The molecule has 0 saturated heterocycles. The third-order valence-electron chi connectivity index (χ3n) is 8.87. The molecule has 6 rings (SSSR count). The van der Waals surface area contributed by atoms with Crippen LogP contribution < -0.4 is 29.9 Å². The Morgan fingerprint density at radius 2 is 0.815 bits per heavy atom. The van der Waals surface area contributed by atoms with Gasteiger partial charge in [0.1, 0.15) is 0 Å². The summed E-state index contributed by atoms with van der Waals surface area (Å²) in [5, 5.41) is 17.9. The quantitative estimate of drug-likeness (QED) is 0.0927. The maximum absolute atomic E-state index is 12.8. The highest BCUT2D eigenvalue weighted by Crippen LogP contribution is 2.39. The number of imide groups is 2. The van der Waals surface area contributed by atoms with E-state index in [2.05, 4.69) is 0 Å². The molecule has 280 valence electrons. The fourth-order valence-corrected chi connectivity index (χ4v) is 6.26. The highest BCUT2D eigenvalue weighted by Gasteiger charge is 2.42. The van der Waals surface area contributed by atoms with Crippen LogP contribution in [0.4, 0.5) is 0 Å². The fraction of sp³-hybridized carbons (Fsp3) is 0.211. The van der Waals surface area contributed by atoms with Crippen LogP contribution in [0.3, 0.4) is 0 Å². The summed E-state index contributed by atoms with van der Waals surface area (Å²) in [4.78, 5) is 77.1. The molecular formula is C38H36N4O12. The molecule has 54 heavy (non-hydrogen) atoms. The summed E-state index contributed by atoms with van der Waals surface area (Å²) in [7, 11) is 5.88. The molecule has 0 spiro atoms. The van der Waals surface area contributed by atoms with Crippen LogP contribution in [0.5, 0.6) is 23.0 Å². The number of rotatable bonds is 12. The van der Waals surface area contributed by atoms with Gasteiger partial charge in [-0.1, -0.05) is 36.4 Å². The zero-order chi connectivity index (χ0) is 39.1. The van der Waals surface area contributed by atoms with Gasteiger partial charge < -0.3 is 18.9 Å². The molecule has 2 heterocycles. The Bertz CT molecular complexity index is 1900. The predicted octanol–water partition coefficient (Wildman–Crippen LogP) is 3.87. The summed E-state index contributed by atoms with van der Waals surface area (Å²) in [5.74, 6) is -1.74. The van der Waals surface area contributed by atoms with E-state index in [-0.39, 0.29) is 35.1 Å². The molecule has 4 aromatic rings. The summed E-state index contributed by atoms with van der Waals surface area (Å²) in [6, 6.07) is 20.8. The lowest BCUT2D eigenvalue weighted by Crippen LogP contribution is -2.37. The summed E-state index contributed by atoms with van der Waals surface area (Å²) >= 11 is 0. The van der Waals surface area contributed by atoms with Gasteiger partial charge in [0.15, 0.2) is 23.0 Å². The number of benzene rings is 4. The van der Waals surface area contributed by atoms with Gasteiger partial charge in [0.05, 0.1) is 75.6 Å². The first-order chi connectivity index (χ1) is 26.0. The van der Waals surface area contributed by atoms with Crippen LogP contribution in [-0.4, -0.2) is 84.1 Å². The average Bonchev–Trinajstić information content (AvgIpc) is 3.61. The van der Waals surface area contributed by atoms with Crippen molar-refractivity contribution in [3.8, 4) is 23.0 Å². The Morgan fingerprint density at radius 1 is 0.519 bits per heavy atom. The Balaban J connectivity index is 0.000000208. The van der Waals surface area contributed by atoms with E-state index in [1.165, 1.54) is 28.4 Å². The SMILES string of the molecule is COc1ccc(C(CC(=O)NO)N2C(=O)c3ccccc3C2=O)cc1OC.COc1ccc(C(CC(=O)NO)N2C(=O)c3ccccc3C2=O)cc1OC. The van der Waals surface area contributed by atoms with E-state index >= 15 is 0 Å². The number of hydroxylamine groups is 2. The van der Waals surface area contributed by atoms with E-state index in [1.807, 2.05) is 0 Å². The van der Waals surface area contributed by atoms with Crippen molar-refractivity contribution in [3.05, 3.63) is 118 Å². The molecular weight excluding hydrogens is 704 g/mol. The minimum absolute atomic E-state index is 0.275. The van der Waals surface area contributed by atoms with Crippen LogP contribution in [0.25, 0.3) is 0 Å². The highest BCUT2D eigenvalue weighted by atomic mass is 16.5. The van der Waals surface area contributed by atoms with Crippen molar-refractivity contribution >= 4 is 35.4 Å². The van der Waals surface area contributed by atoms with Gasteiger partial charge in [-0.25, -0.2) is 11.0 Å². The molecule has 0 bridgehead atoms. The lowest BCUT2D eigenvalue weighted by atomic mass is 10.0. The van der Waals surface area contributed by atoms with Crippen LogP contribution in [-0.2, 0) is 9.59 Å². The Hall–Kier alpha value is -6.78. The highest BCUT2D eigenvalue weighted by molar-refractivity contribution is 6.22. The van der Waals surface area contributed by atoms with Crippen molar-refractivity contribution in [2.24, 2.45) is 0 Å². The van der Waals surface area contributed by atoms with E-state index in [1.54, 1.807) is 95.9 Å². The van der Waals surface area contributed by atoms with Gasteiger partial charge in [-0.3, -0.25) is 49.0 Å². The zero-order valence-corrected chi connectivity index (χ0v) is 29.5. The molecule has 6 amide bonds. The Morgan fingerprint density at radius 3 is 1.07 bits per heavy atom. The normalized spacial score (nSPS) is 14.0. The van der Waals surface area contributed by atoms with E-state index < -0.39 is 47.5 Å². The van der Waals surface area contributed by atoms with Crippen molar-refractivity contribution in [3.63, 3.8) is 0 Å². The van der Waals surface area contributed by atoms with Gasteiger partial charge in [-0.05, 0) is 59.7 Å². The molecule has 0 aromatic heterocycles. The molecule has 16 nitrogen and oxygen atoms in total. The number of ether oxygens (including phenoxy) is 4. The lowest BCUT2D eigenvalue weighted by Gasteiger charge is -2.26. The Kier molecular flexibility index (Phi) is 11.9. The molecule has 2 aliphatic heterocycles. The van der Waals surface area contributed by atoms with E-state index in [0.29, 0.717) is 34.1 Å². The first-order valence-electron chi connectivity index (χ1n) is 16.3. The monoisotopic (exact) mass is 740 g/mol. The predicted molar refractivity (Wildman–Crippen MR) is 188 cm³/mol. The van der Waals surface area contributed by atoms with E-state index in [0.717, 1.165) is 9.80 Å². The Labute approximate surface area is 308 Å². The molecule has 0 fully saturated rings. The number of nitrogens with one attached hydrogen (secondary N) is 2. The van der Waals surface area contributed by atoms with Crippen LogP contribution >= 0.6 is 0 Å². The van der Waals surface area contributed by atoms with E-state index in [9.17, 15) is 28.8 Å². The molecule has 4 N–H and O–H groups in total. The van der Waals surface area contributed by atoms with Gasteiger partial charge in [-0.2, -0.15) is 0 Å². The largest absolute Gasteiger partial charge is 0.493 e. The molecule has 2 aliphatic rings. The minimum Gasteiger partial charge on any atom is -0.493 e. The number of carbonyl (C=O) groups excluding carboxylic acids is 6. The maximum Gasteiger partial charge on any atom is 0.262 e. The van der Waals surface area contributed by atoms with Gasteiger partial charge in [-0.15, -0.1) is 0 Å². The lowest BCUT2D eigenvalue weighted by molar-refractivity contribution is -0.130. The van der Waals surface area contributed by atoms with Gasteiger partial charge >= 0.3 is 0 Å². The zero-order valence-electron chi connectivity index (χ0n) is 29.5. The fourth-order valence-electron chi connectivity index (χ4n) is 6.26. The average molecular weight is 741 g/mol. The smallest absolute Gasteiger partial charge is 0.262 e. The molecule has 4 aromatic carbocycles. The van der Waals surface area contributed by atoms with E-state index in [4.69, 9.17) is 29.4 Å². The summed E-state index contributed by atoms with van der Waals surface area (Å²) in [5.41, 5.74) is 5.18. The second-order valence-electron chi connectivity index (χ2n) is 11.8. The van der Waals surface area contributed by atoms with Crippen molar-refractivity contribution in [1.82, 2.24) is 20.8 Å². The number of hydrogen-bond acceptors (Lipinski definition) is 12. The number of amides is 6. The van der Waals surface area contributed by atoms with Gasteiger partial charge in [0, 0.05) is 0 Å². The van der Waals surface area contributed by atoms with Crippen LogP contribution in [0.1, 0.15) is 77.5 Å².